The van der Waals surface area contributed by atoms with Crippen LogP contribution in [0.3, 0.4) is 0 Å². The molecule has 0 radical (unpaired) electrons. The van der Waals surface area contributed by atoms with Crippen LogP contribution in [0.2, 0.25) is 15.1 Å². The fourth-order valence-corrected chi connectivity index (χ4v) is 2.68. The van der Waals surface area contributed by atoms with Crippen molar-refractivity contribution in [1.82, 2.24) is 4.98 Å². The standard InChI is InChI=1S/C18H11Cl3N2O2/c19-11-6-8-12(9-7-11)25-18-13(3-2-10-22-18)17(24)23-16-14(20)4-1-5-15(16)21/h1-10H,(H,23,24). The number of aromatic nitrogens is 1. The number of pyridine rings is 1. The molecule has 1 heterocycles. The molecule has 0 fully saturated rings. The van der Waals surface area contributed by atoms with Gasteiger partial charge in [-0.15, -0.1) is 0 Å². The van der Waals surface area contributed by atoms with Crippen molar-refractivity contribution in [2.75, 3.05) is 5.32 Å². The fourth-order valence-electron chi connectivity index (χ4n) is 2.06. The minimum absolute atomic E-state index is 0.158. The highest BCUT2D eigenvalue weighted by Gasteiger charge is 2.17. The van der Waals surface area contributed by atoms with Crippen LogP contribution in [0.1, 0.15) is 10.4 Å². The number of nitrogens with one attached hydrogen (secondary N) is 1. The average molecular weight is 394 g/mol. The lowest BCUT2D eigenvalue weighted by Crippen LogP contribution is -2.14. The Morgan fingerprint density at radius 2 is 1.60 bits per heavy atom. The maximum Gasteiger partial charge on any atom is 0.261 e. The largest absolute Gasteiger partial charge is 0.438 e. The van der Waals surface area contributed by atoms with E-state index in [4.69, 9.17) is 39.5 Å². The van der Waals surface area contributed by atoms with Gasteiger partial charge in [0.15, 0.2) is 0 Å². The minimum atomic E-state index is -0.438. The maximum atomic E-state index is 12.6. The van der Waals surface area contributed by atoms with Crippen molar-refractivity contribution in [1.29, 1.82) is 0 Å². The van der Waals surface area contributed by atoms with Crippen LogP contribution in [0.4, 0.5) is 5.69 Å². The van der Waals surface area contributed by atoms with E-state index >= 15 is 0 Å². The summed E-state index contributed by atoms with van der Waals surface area (Å²) in [6, 6.07) is 14.9. The molecular formula is C18H11Cl3N2O2. The number of halogens is 3. The summed E-state index contributed by atoms with van der Waals surface area (Å²) in [5.74, 6) is 0.227. The molecule has 0 unspecified atom stereocenters. The SMILES string of the molecule is O=C(Nc1c(Cl)cccc1Cl)c1cccnc1Oc1ccc(Cl)cc1. The number of hydrogen-bond donors (Lipinski definition) is 1. The van der Waals surface area contributed by atoms with Gasteiger partial charge in [-0.25, -0.2) is 4.98 Å². The van der Waals surface area contributed by atoms with Gasteiger partial charge in [-0.3, -0.25) is 4.79 Å². The number of benzene rings is 2. The summed E-state index contributed by atoms with van der Waals surface area (Å²) in [4.78, 5) is 16.7. The first kappa shape index (κ1) is 17.5. The molecule has 3 aromatic rings. The van der Waals surface area contributed by atoms with Crippen LogP contribution in [-0.4, -0.2) is 10.9 Å². The summed E-state index contributed by atoms with van der Waals surface area (Å²) in [6.07, 6.45) is 1.53. The number of amides is 1. The van der Waals surface area contributed by atoms with Gasteiger partial charge in [0.25, 0.3) is 5.91 Å². The zero-order valence-corrected chi connectivity index (χ0v) is 14.9. The van der Waals surface area contributed by atoms with E-state index < -0.39 is 5.91 Å². The van der Waals surface area contributed by atoms with E-state index in [1.807, 2.05) is 0 Å². The van der Waals surface area contributed by atoms with Gasteiger partial charge in [0.2, 0.25) is 5.88 Å². The molecule has 0 saturated carbocycles. The summed E-state index contributed by atoms with van der Waals surface area (Å²) in [5, 5.41) is 3.94. The first-order chi connectivity index (χ1) is 12.0. The molecule has 1 N–H and O–H groups in total. The number of rotatable bonds is 4. The first-order valence-corrected chi connectivity index (χ1v) is 8.32. The second kappa shape index (κ2) is 7.74. The lowest BCUT2D eigenvalue weighted by atomic mass is 10.2. The van der Waals surface area contributed by atoms with Gasteiger partial charge >= 0.3 is 0 Å². The molecule has 0 aliphatic rings. The number of hydrogen-bond acceptors (Lipinski definition) is 3. The van der Waals surface area contributed by atoms with Crippen LogP contribution in [0.15, 0.2) is 60.8 Å². The van der Waals surface area contributed by atoms with Crippen molar-refractivity contribution in [2.45, 2.75) is 0 Å². The minimum Gasteiger partial charge on any atom is -0.438 e. The van der Waals surface area contributed by atoms with Crippen LogP contribution in [0, 0.1) is 0 Å². The first-order valence-electron chi connectivity index (χ1n) is 7.18. The predicted octanol–water partition coefficient (Wildman–Crippen LogP) is 6.09. The molecule has 3 rings (SSSR count). The third kappa shape index (κ3) is 4.23. The summed E-state index contributed by atoms with van der Waals surface area (Å²) < 4.78 is 5.69. The molecule has 1 amide bonds. The Balaban J connectivity index is 1.87. The van der Waals surface area contributed by atoms with Crippen molar-refractivity contribution in [3.8, 4) is 11.6 Å². The topological polar surface area (TPSA) is 51.2 Å². The molecule has 0 bridgehead atoms. The molecule has 0 saturated heterocycles. The monoisotopic (exact) mass is 392 g/mol. The Morgan fingerprint density at radius 1 is 0.920 bits per heavy atom. The second-order valence-electron chi connectivity index (χ2n) is 4.96. The van der Waals surface area contributed by atoms with Gasteiger partial charge < -0.3 is 10.1 Å². The van der Waals surface area contributed by atoms with Gasteiger partial charge in [-0.2, -0.15) is 0 Å². The molecule has 0 atom stereocenters. The van der Waals surface area contributed by atoms with Gasteiger partial charge in [-0.05, 0) is 48.5 Å². The quantitative estimate of drug-likeness (QED) is 0.584. The second-order valence-corrected chi connectivity index (χ2v) is 6.21. The number of carbonyl (C=O) groups is 1. The number of para-hydroxylation sites is 1. The number of carbonyl (C=O) groups excluding carboxylic acids is 1. The van der Waals surface area contributed by atoms with Gasteiger partial charge in [0.1, 0.15) is 11.3 Å². The van der Waals surface area contributed by atoms with Gasteiger partial charge in [0, 0.05) is 11.2 Å². The molecule has 0 aliphatic heterocycles. The summed E-state index contributed by atoms with van der Waals surface area (Å²) in [5.41, 5.74) is 0.575. The molecule has 4 nitrogen and oxygen atoms in total. The van der Waals surface area contributed by atoms with Crippen molar-refractivity contribution >= 4 is 46.4 Å². The number of nitrogens with zero attached hydrogens (tertiary/aromatic N) is 1. The third-order valence-corrected chi connectivity index (χ3v) is 4.13. The van der Waals surface area contributed by atoms with Crippen LogP contribution in [0.25, 0.3) is 0 Å². The predicted molar refractivity (Wildman–Crippen MR) is 100 cm³/mol. The summed E-state index contributed by atoms with van der Waals surface area (Å²) >= 11 is 18.0. The smallest absolute Gasteiger partial charge is 0.261 e. The van der Waals surface area contributed by atoms with Crippen LogP contribution in [-0.2, 0) is 0 Å². The van der Waals surface area contributed by atoms with Crippen molar-refractivity contribution < 1.29 is 9.53 Å². The number of anilines is 1. The Morgan fingerprint density at radius 3 is 2.28 bits per heavy atom. The zero-order chi connectivity index (χ0) is 17.8. The Labute approximate surface area is 159 Å². The zero-order valence-electron chi connectivity index (χ0n) is 12.7. The lowest BCUT2D eigenvalue weighted by molar-refractivity contribution is 0.102. The van der Waals surface area contributed by atoms with Crippen molar-refractivity contribution in [3.05, 3.63) is 81.4 Å². The summed E-state index contributed by atoms with van der Waals surface area (Å²) in [6.45, 7) is 0. The molecule has 0 aliphatic carbocycles. The maximum absolute atomic E-state index is 12.6. The molecule has 2 aromatic carbocycles. The van der Waals surface area contributed by atoms with Crippen LogP contribution in [0.5, 0.6) is 11.6 Å². The van der Waals surface area contributed by atoms with E-state index in [9.17, 15) is 4.79 Å². The van der Waals surface area contributed by atoms with E-state index in [2.05, 4.69) is 10.3 Å². The van der Waals surface area contributed by atoms with Gasteiger partial charge in [-0.1, -0.05) is 40.9 Å². The van der Waals surface area contributed by atoms with E-state index in [0.717, 1.165) is 0 Å². The van der Waals surface area contributed by atoms with Crippen molar-refractivity contribution in [2.24, 2.45) is 0 Å². The highest BCUT2D eigenvalue weighted by Crippen LogP contribution is 2.31. The highest BCUT2D eigenvalue weighted by atomic mass is 35.5. The van der Waals surface area contributed by atoms with E-state index in [1.54, 1.807) is 54.6 Å². The summed E-state index contributed by atoms with van der Waals surface area (Å²) in [7, 11) is 0. The van der Waals surface area contributed by atoms with E-state index in [1.165, 1.54) is 6.20 Å². The Hall–Kier alpha value is -2.27. The molecule has 7 heteroatoms. The fraction of sp³-hybridized carbons (Fsp3) is 0. The van der Waals surface area contributed by atoms with Crippen molar-refractivity contribution in [3.63, 3.8) is 0 Å². The normalized spacial score (nSPS) is 10.4. The molecule has 0 spiro atoms. The van der Waals surface area contributed by atoms with Crippen LogP contribution < -0.4 is 10.1 Å². The van der Waals surface area contributed by atoms with E-state index in [0.29, 0.717) is 26.5 Å². The lowest BCUT2D eigenvalue weighted by Gasteiger charge is -2.12. The van der Waals surface area contributed by atoms with E-state index in [-0.39, 0.29) is 11.4 Å². The average Bonchev–Trinajstić information content (AvgIpc) is 2.60. The molecule has 126 valence electrons. The molecule has 1 aromatic heterocycles. The van der Waals surface area contributed by atoms with Gasteiger partial charge in [0.05, 0.1) is 15.7 Å². The third-order valence-electron chi connectivity index (χ3n) is 3.25. The molecule has 25 heavy (non-hydrogen) atoms. The highest BCUT2D eigenvalue weighted by molar-refractivity contribution is 6.40. The van der Waals surface area contributed by atoms with Crippen LogP contribution >= 0.6 is 34.8 Å². The number of ether oxygens (including phenoxy) is 1. The Kier molecular flexibility index (Phi) is 5.43. The Bertz CT molecular complexity index is 894. The molecular weight excluding hydrogens is 383 g/mol.